The van der Waals surface area contributed by atoms with Crippen molar-refractivity contribution in [3.63, 3.8) is 0 Å². The summed E-state index contributed by atoms with van der Waals surface area (Å²) in [4.78, 5) is 28.0. The number of aliphatic carboxylic acids is 1. The molecule has 0 unspecified atom stereocenters. The van der Waals surface area contributed by atoms with Crippen LogP contribution >= 0.6 is 35.7 Å². The highest BCUT2D eigenvalue weighted by Crippen LogP contribution is 2.45. The van der Waals surface area contributed by atoms with Gasteiger partial charge in [-0.2, -0.15) is 0 Å². The molecule has 3 rings (SSSR count). The van der Waals surface area contributed by atoms with Crippen LogP contribution in [0.25, 0.3) is 0 Å². The minimum absolute atomic E-state index is 0.279. The minimum atomic E-state index is -1.08. The Bertz CT molecular complexity index is 789. The molecule has 1 fully saturated rings. The summed E-state index contributed by atoms with van der Waals surface area (Å²) in [6.07, 6.45) is 3.61. The Morgan fingerprint density at radius 3 is 2.71 bits per heavy atom. The number of benzene rings is 1. The first-order valence-corrected chi connectivity index (χ1v) is 9.27. The summed E-state index contributed by atoms with van der Waals surface area (Å²) in [7, 11) is 0. The second-order valence-corrected chi connectivity index (χ2v) is 7.74. The number of hydrogen-bond donors (Lipinski definition) is 1. The van der Waals surface area contributed by atoms with E-state index in [9.17, 15) is 9.59 Å². The van der Waals surface area contributed by atoms with Crippen molar-refractivity contribution in [1.29, 1.82) is 0 Å². The zero-order chi connectivity index (χ0) is 17.3. The molecule has 1 aromatic rings. The zero-order valence-electron chi connectivity index (χ0n) is 12.8. The molecule has 24 heavy (non-hydrogen) atoms. The number of fused-ring (bicyclic) bond motifs is 1. The van der Waals surface area contributed by atoms with Gasteiger partial charge in [0.1, 0.15) is 10.9 Å². The lowest BCUT2D eigenvalue weighted by atomic mass is 10.3. The van der Waals surface area contributed by atoms with Crippen LogP contribution in [0.15, 0.2) is 51.2 Å². The van der Waals surface area contributed by atoms with Gasteiger partial charge in [-0.3, -0.25) is 14.5 Å². The predicted molar refractivity (Wildman–Crippen MR) is 101 cm³/mol. The largest absolute Gasteiger partial charge is 0.480 e. The summed E-state index contributed by atoms with van der Waals surface area (Å²) in [6, 6.07) is 8.14. The van der Waals surface area contributed by atoms with E-state index in [1.165, 1.54) is 4.90 Å². The number of rotatable bonds is 4. The summed E-state index contributed by atoms with van der Waals surface area (Å²) >= 11 is 7.87. The monoisotopic (exact) mass is 378 g/mol. The molecule has 8 heteroatoms. The highest BCUT2D eigenvalue weighted by atomic mass is 32.2. The number of nitrogens with zero attached hydrogens (tertiary/aromatic N) is 2. The maximum Gasteiger partial charge on any atom is 0.323 e. The molecule has 1 N–H and O–H groups in total. The Morgan fingerprint density at radius 2 is 2.00 bits per heavy atom. The lowest BCUT2D eigenvalue weighted by molar-refractivity contribution is -0.140. The van der Waals surface area contributed by atoms with E-state index in [-0.39, 0.29) is 10.2 Å². The van der Waals surface area contributed by atoms with Gasteiger partial charge in [-0.15, -0.1) is 0 Å². The quantitative estimate of drug-likeness (QED) is 0.637. The number of hydrogen-bond acceptors (Lipinski definition) is 6. The molecule has 1 saturated heterocycles. The third-order valence-electron chi connectivity index (χ3n) is 3.50. The van der Waals surface area contributed by atoms with Gasteiger partial charge in [-0.05, 0) is 31.2 Å². The normalized spacial score (nSPS) is 20.4. The molecule has 0 saturated carbocycles. The fourth-order valence-electron chi connectivity index (χ4n) is 2.44. The van der Waals surface area contributed by atoms with Crippen molar-refractivity contribution in [1.82, 2.24) is 4.90 Å². The van der Waals surface area contributed by atoms with E-state index < -0.39 is 12.5 Å². The van der Waals surface area contributed by atoms with Crippen LogP contribution in [0.1, 0.15) is 6.92 Å². The number of para-hydroxylation sites is 1. The van der Waals surface area contributed by atoms with Crippen LogP contribution in [-0.2, 0) is 9.59 Å². The van der Waals surface area contributed by atoms with Crippen molar-refractivity contribution in [3.8, 4) is 0 Å². The van der Waals surface area contributed by atoms with Gasteiger partial charge in [0.25, 0.3) is 5.91 Å². The lowest BCUT2D eigenvalue weighted by Crippen LogP contribution is -2.33. The van der Waals surface area contributed by atoms with Gasteiger partial charge in [0, 0.05) is 11.4 Å². The molecule has 5 nitrogen and oxygen atoms in total. The molecule has 2 heterocycles. The Hall–Kier alpha value is -1.77. The first-order chi connectivity index (χ1) is 11.5. The van der Waals surface area contributed by atoms with E-state index >= 15 is 0 Å². The fraction of sp³-hybridized carbons (Fsp3) is 0.188. The van der Waals surface area contributed by atoms with Crippen molar-refractivity contribution < 1.29 is 14.7 Å². The van der Waals surface area contributed by atoms with Gasteiger partial charge in [0.15, 0.2) is 0 Å². The topological polar surface area (TPSA) is 60.9 Å². The van der Waals surface area contributed by atoms with Crippen LogP contribution in [0.5, 0.6) is 0 Å². The number of carbonyl (C=O) groups excluding carboxylic acids is 1. The number of amides is 1. The maximum atomic E-state index is 12.3. The molecule has 0 spiro atoms. The number of carboxylic acids is 1. The van der Waals surface area contributed by atoms with E-state index in [2.05, 4.69) is 24.0 Å². The molecule has 1 aromatic carbocycles. The molecule has 2 aliphatic rings. The summed E-state index contributed by atoms with van der Waals surface area (Å²) < 4.78 is 0.279. The van der Waals surface area contributed by atoms with Gasteiger partial charge in [-0.25, -0.2) is 0 Å². The molecule has 124 valence electrons. The summed E-state index contributed by atoms with van der Waals surface area (Å²) in [5.74, 6) is -1.43. The first-order valence-electron chi connectivity index (χ1n) is 7.23. The number of carbonyl (C=O) groups is 2. The van der Waals surface area contributed by atoms with Gasteiger partial charge in [-0.1, -0.05) is 47.9 Å². The number of allylic oxidation sites excluding steroid dienone is 2. The first kappa shape index (κ1) is 17.1. The maximum absolute atomic E-state index is 12.3. The lowest BCUT2D eigenvalue weighted by Gasteiger charge is -2.17. The second kappa shape index (κ2) is 7.00. The standard InChI is InChI=1S/C16H14N2O3S3/c1-2-17-10-5-3-4-6-11(10)23-13(17)8-7-12-15(21)18(9-14(19)20)16(22)24-12/h3-8H,2,9H2,1H3,(H,19,20)/b12-7+,13-8+. The van der Waals surface area contributed by atoms with E-state index in [0.29, 0.717) is 4.91 Å². The molecule has 0 aliphatic carbocycles. The van der Waals surface area contributed by atoms with Crippen molar-refractivity contribution in [2.75, 3.05) is 18.0 Å². The predicted octanol–water partition coefficient (Wildman–Crippen LogP) is 3.29. The SMILES string of the molecule is CCN1/C(=C\C=C2\SC(=S)N(CC(=O)O)C2=O)Sc2ccccc21. The van der Waals surface area contributed by atoms with E-state index in [1.54, 1.807) is 17.8 Å². The molecule has 2 aliphatic heterocycles. The number of thioether (sulfide) groups is 2. The van der Waals surface area contributed by atoms with Crippen LogP contribution < -0.4 is 4.90 Å². The Morgan fingerprint density at radius 1 is 1.25 bits per heavy atom. The zero-order valence-corrected chi connectivity index (χ0v) is 15.2. The highest BCUT2D eigenvalue weighted by molar-refractivity contribution is 8.26. The molecule has 0 atom stereocenters. The number of anilines is 1. The van der Waals surface area contributed by atoms with Gasteiger partial charge in [0.05, 0.1) is 15.6 Å². The van der Waals surface area contributed by atoms with Crippen LogP contribution in [-0.4, -0.2) is 39.3 Å². The molecule has 0 radical (unpaired) electrons. The average molecular weight is 379 g/mol. The van der Waals surface area contributed by atoms with E-state index in [0.717, 1.165) is 33.9 Å². The minimum Gasteiger partial charge on any atom is -0.480 e. The Kier molecular flexibility index (Phi) is 4.98. The summed E-state index contributed by atoms with van der Waals surface area (Å²) in [5.41, 5.74) is 1.16. The van der Waals surface area contributed by atoms with Crippen molar-refractivity contribution in [3.05, 3.63) is 46.4 Å². The third-order valence-corrected chi connectivity index (χ3v) is 6.02. The molecular formula is C16H14N2O3S3. The summed E-state index contributed by atoms with van der Waals surface area (Å²) in [6.45, 7) is 2.49. The third kappa shape index (κ3) is 3.22. The van der Waals surface area contributed by atoms with Gasteiger partial charge in [0.2, 0.25) is 0 Å². The van der Waals surface area contributed by atoms with Gasteiger partial charge < -0.3 is 10.0 Å². The Balaban J connectivity index is 1.83. The van der Waals surface area contributed by atoms with Crippen molar-refractivity contribution in [2.24, 2.45) is 0 Å². The van der Waals surface area contributed by atoms with Crippen LogP contribution in [0.3, 0.4) is 0 Å². The smallest absolute Gasteiger partial charge is 0.323 e. The van der Waals surface area contributed by atoms with Crippen LogP contribution in [0.2, 0.25) is 0 Å². The highest BCUT2D eigenvalue weighted by Gasteiger charge is 2.33. The van der Waals surface area contributed by atoms with E-state index in [1.807, 2.05) is 18.2 Å². The van der Waals surface area contributed by atoms with Crippen molar-refractivity contribution >= 4 is 57.6 Å². The second-order valence-electron chi connectivity index (χ2n) is 5.00. The molecule has 0 bridgehead atoms. The molecule has 1 amide bonds. The van der Waals surface area contributed by atoms with E-state index in [4.69, 9.17) is 17.3 Å². The molecular weight excluding hydrogens is 364 g/mol. The van der Waals surface area contributed by atoms with Gasteiger partial charge >= 0.3 is 5.97 Å². The van der Waals surface area contributed by atoms with Crippen LogP contribution in [0.4, 0.5) is 5.69 Å². The molecule has 0 aromatic heterocycles. The van der Waals surface area contributed by atoms with Crippen LogP contribution in [0, 0.1) is 0 Å². The number of thiocarbonyl (C=S) groups is 1. The average Bonchev–Trinajstić information content (AvgIpc) is 3.04. The summed E-state index contributed by atoms with van der Waals surface area (Å²) in [5, 5.41) is 9.89. The number of carboxylic acid groups (broad SMARTS) is 1. The fourth-order valence-corrected chi connectivity index (χ4v) is 4.76. The van der Waals surface area contributed by atoms with Crippen molar-refractivity contribution in [2.45, 2.75) is 11.8 Å². The Labute approximate surface area is 153 Å².